The molecule has 0 aliphatic heterocycles. The zero-order valence-corrected chi connectivity index (χ0v) is 23.8. The van der Waals surface area contributed by atoms with E-state index in [4.69, 9.17) is 0 Å². The Kier molecular flexibility index (Phi) is 13.9. The van der Waals surface area contributed by atoms with Crippen LogP contribution in [-0.4, -0.2) is 62.7 Å². The first-order valence-corrected chi connectivity index (χ1v) is 14.7. The van der Waals surface area contributed by atoms with E-state index in [2.05, 4.69) is 10.6 Å². The lowest BCUT2D eigenvalue weighted by atomic mass is 9.90. The average molecular weight is 557 g/mol. The van der Waals surface area contributed by atoms with Crippen LogP contribution < -0.4 is 10.6 Å². The largest absolute Gasteiger partial charge is 0.508 e. The van der Waals surface area contributed by atoms with Gasteiger partial charge >= 0.3 is 11.9 Å². The van der Waals surface area contributed by atoms with E-state index in [1.54, 1.807) is 18.2 Å². The molecule has 208 valence electrons. The lowest BCUT2D eigenvalue weighted by Gasteiger charge is -2.22. The minimum atomic E-state index is -1.18. The molecule has 1 aromatic carbocycles. The molecule has 1 aromatic rings. The second kappa shape index (κ2) is 15.8. The lowest BCUT2D eigenvalue weighted by Crippen LogP contribution is -2.45. The first-order valence-electron chi connectivity index (χ1n) is 12.3. The summed E-state index contributed by atoms with van der Waals surface area (Å²) in [5.41, 5.74) is 0.615. The molecule has 0 fully saturated rings. The number of carbonyl (C=O) groups excluding carboxylic acids is 2. The summed E-state index contributed by atoms with van der Waals surface area (Å²) in [6.45, 7) is 9.63. The smallest absolute Gasteiger partial charge is 0.327 e. The molecule has 0 spiro atoms. The predicted molar refractivity (Wildman–Crippen MR) is 147 cm³/mol. The number of phenols is 1. The van der Waals surface area contributed by atoms with Gasteiger partial charge in [0.25, 0.3) is 0 Å². The van der Waals surface area contributed by atoms with Gasteiger partial charge in [-0.15, -0.1) is 0 Å². The third-order valence-electron chi connectivity index (χ3n) is 5.31. The molecule has 2 unspecified atom stereocenters. The Balaban J connectivity index is 2.65. The van der Waals surface area contributed by atoms with E-state index in [1.807, 2.05) is 40.7 Å². The standard InChI is InChI=1S/C26H40N2O7S2/c1-16(2)11-18(10-9-17-7-6-8-19(29)12-17)23(31)28-21(25(34)35)15-37-36-14-20(24(32)33)27-22(30)13-26(3,4)5/h6-8,12,16,18,20-21,29H,9-11,13-15H2,1-5H3,(H,27,30)(H,28,31)(H,32,33)(H,34,35)/t18-,20?,21?/m1/s1. The molecule has 9 nitrogen and oxygen atoms in total. The van der Waals surface area contributed by atoms with Gasteiger partial charge < -0.3 is 26.0 Å². The Morgan fingerprint density at radius 2 is 1.51 bits per heavy atom. The van der Waals surface area contributed by atoms with Gasteiger partial charge in [0.15, 0.2) is 0 Å². The molecule has 11 heteroatoms. The van der Waals surface area contributed by atoms with Gasteiger partial charge in [0.2, 0.25) is 11.8 Å². The van der Waals surface area contributed by atoms with Crippen LogP contribution in [0, 0.1) is 17.3 Å². The molecule has 0 bridgehead atoms. The summed E-state index contributed by atoms with van der Waals surface area (Å²) in [6.07, 6.45) is 1.85. The van der Waals surface area contributed by atoms with E-state index in [-0.39, 0.29) is 46.8 Å². The van der Waals surface area contributed by atoms with Crippen molar-refractivity contribution in [3.05, 3.63) is 29.8 Å². The number of carboxylic acid groups (broad SMARTS) is 2. The molecular formula is C26H40N2O7S2. The second-order valence-corrected chi connectivity index (χ2v) is 13.3. The van der Waals surface area contributed by atoms with Crippen molar-refractivity contribution in [3.8, 4) is 5.75 Å². The third kappa shape index (κ3) is 14.2. The Hall–Kier alpha value is -2.40. The van der Waals surface area contributed by atoms with E-state index in [0.717, 1.165) is 27.2 Å². The third-order valence-corrected chi connectivity index (χ3v) is 7.73. The minimum Gasteiger partial charge on any atom is -0.508 e. The van der Waals surface area contributed by atoms with Crippen molar-refractivity contribution >= 4 is 45.3 Å². The highest BCUT2D eigenvalue weighted by Crippen LogP contribution is 2.25. The second-order valence-electron chi connectivity index (χ2n) is 10.7. The summed E-state index contributed by atoms with van der Waals surface area (Å²) in [7, 11) is 2.27. The number of carbonyl (C=O) groups is 4. The van der Waals surface area contributed by atoms with Crippen molar-refractivity contribution < 1.29 is 34.5 Å². The molecule has 0 heterocycles. The SMILES string of the molecule is CC(C)C[C@@H](CCc1cccc(O)c1)C(=O)NC(CSSCC(NC(=O)CC(C)(C)C)C(=O)O)C(=O)O. The van der Waals surface area contributed by atoms with Crippen molar-refractivity contribution in [2.45, 2.75) is 72.4 Å². The number of aromatic hydroxyl groups is 1. The Morgan fingerprint density at radius 3 is 2.00 bits per heavy atom. The predicted octanol–water partition coefficient (Wildman–Crippen LogP) is 3.94. The van der Waals surface area contributed by atoms with Crippen molar-refractivity contribution in [1.82, 2.24) is 10.6 Å². The summed E-state index contributed by atoms with van der Waals surface area (Å²) in [5, 5.41) is 33.8. The van der Waals surface area contributed by atoms with E-state index in [9.17, 15) is 34.5 Å². The van der Waals surface area contributed by atoms with Gasteiger partial charge in [-0.1, -0.05) is 68.3 Å². The van der Waals surface area contributed by atoms with Gasteiger partial charge in [0.05, 0.1) is 0 Å². The Bertz CT molecular complexity index is 918. The van der Waals surface area contributed by atoms with E-state index in [0.29, 0.717) is 19.3 Å². The number of hydrogen-bond donors (Lipinski definition) is 5. The number of aryl methyl sites for hydroxylation is 1. The van der Waals surface area contributed by atoms with Crippen LogP contribution in [0.25, 0.3) is 0 Å². The number of carboxylic acids is 2. The van der Waals surface area contributed by atoms with Gasteiger partial charge in [0, 0.05) is 23.8 Å². The number of aliphatic carboxylic acids is 2. The summed E-state index contributed by atoms with van der Waals surface area (Å²) in [6, 6.07) is 4.59. The minimum absolute atomic E-state index is 0.0367. The highest BCUT2D eigenvalue weighted by atomic mass is 33.1. The van der Waals surface area contributed by atoms with Crippen molar-refractivity contribution in [2.75, 3.05) is 11.5 Å². The van der Waals surface area contributed by atoms with Gasteiger partial charge in [-0.3, -0.25) is 9.59 Å². The highest BCUT2D eigenvalue weighted by Gasteiger charge is 2.27. The summed E-state index contributed by atoms with van der Waals surface area (Å²) in [5.74, 6) is -2.96. The number of amides is 2. The highest BCUT2D eigenvalue weighted by molar-refractivity contribution is 8.76. The van der Waals surface area contributed by atoms with Crippen molar-refractivity contribution in [3.63, 3.8) is 0 Å². The van der Waals surface area contributed by atoms with Gasteiger partial charge in [-0.25, -0.2) is 9.59 Å². The fourth-order valence-corrected chi connectivity index (χ4v) is 5.89. The van der Waals surface area contributed by atoms with Crippen LogP contribution in [0.2, 0.25) is 0 Å². The molecule has 0 radical (unpaired) electrons. The van der Waals surface area contributed by atoms with E-state index >= 15 is 0 Å². The van der Waals surface area contributed by atoms with Crippen molar-refractivity contribution in [1.29, 1.82) is 0 Å². The molecular weight excluding hydrogens is 516 g/mol. The van der Waals surface area contributed by atoms with Crippen LogP contribution in [-0.2, 0) is 25.6 Å². The van der Waals surface area contributed by atoms with Crippen LogP contribution in [0.4, 0.5) is 0 Å². The number of phenolic OH excluding ortho intramolecular Hbond substituents is 1. The molecule has 5 N–H and O–H groups in total. The molecule has 37 heavy (non-hydrogen) atoms. The maximum atomic E-state index is 13.0. The number of benzene rings is 1. The number of nitrogens with one attached hydrogen (secondary N) is 2. The molecule has 0 saturated carbocycles. The number of rotatable bonds is 16. The van der Waals surface area contributed by atoms with Gasteiger partial charge in [-0.05, 0) is 48.3 Å². The first kappa shape index (κ1) is 32.6. The first-order chi connectivity index (χ1) is 17.2. The summed E-state index contributed by atoms with van der Waals surface area (Å²) >= 11 is 0. The lowest BCUT2D eigenvalue weighted by molar-refractivity contribution is -0.142. The quantitative estimate of drug-likeness (QED) is 0.150. The monoisotopic (exact) mass is 556 g/mol. The maximum absolute atomic E-state index is 13.0. The fraction of sp³-hybridized carbons (Fsp3) is 0.615. The van der Waals surface area contributed by atoms with Crippen LogP contribution >= 0.6 is 21.6 Å². The van der Waals surface area contributed by atoms with Crippen LogP contribution in [0.5, 0.6) is 5.75 Å². The summed E-state index contributed by atoms with van der Waals surface area (Å²) < 4.78 is 0. The van der Waals surface area contributed by atoms with Crippen LogP contribution in [0.3, 0.4) is 0 Å². The van der Waals surface area contributed by atoms with Gasteiger partial charge in [0.1, 0.15) is 17.8 Å². The molecule has 0 saturated heterocycles. The maximum Gasteiger partial charge on any atom is 0.327 e. The zero-order valence-electron chi connectivity index (χ0n) is 22.2. The van der Waals surface area contributed by atoms with Crippen molar-refractivity contribution in [2.24, 2.45) is 17.3 Å². The number of hydrogen-bond acceptors (Lipinski definition) is 7. The molecule has 0 aliphatic carbocycles. The summed E-state index contributed by atoms with van der Waals surface area (Å²) in [4.78, 5) is 48.4. The topological polar surface area (TPSA) is 153 Å². The normalized spacial score (nSPS) is 14.0. The Labute approximate surface area is 227 Å². The average Bonchev–Trinajstić information content (AvgIpc) is 2.75. The molecule has 3 atom stereocenters. The zero-order chi connectivity index (χ0) is 28.2. The van der Waals surface area contributed by atoms with Crippen LogP contribution in [0.15, 0.2) is 24.3 Å². The van der Waals surface area contributed by atoms with Gasteiger partial charge in [-0.2, -0.15) is 0 Å². The van der Waals surface area contributed by atoms with E-state index in [1.165, 1.54) is 0 Å². The fourth-order valence-electron chi connectivity index (χ4n) is 3.58. The molecule has 0 aliphatic rings. The molecule has 2 amide bonds. The van der Waals surface area contributed by atoms with Crippen LogP contribution in [0.1, 0.15) is 59.4 Å². The molecule has 0 aromatic heterocycles. The molecule has 1 rings (SSSR count). The van der Waals surface area contributed by atoms with E-state index < -0.39 is 29.9 Å². The Morgan fingerprint density at radius 1 is 0.946 bits per heavy atom.